The van der Waals surface area contributed by atoms with Gasteiger partial charge in [-0.25, -0.2) is 14.4 Å². The number of nitrogens with zero attached hydrogens (tertiary/aromatic N) is 3. The largest absolute Gasteiger partial charge is 0.366 e. The molecule has 0 spiro atoms. The topological polar surface area (TPSA) is 50.7 Å². The van der Waals surface area contributed by atoms with Crippen LogP contribution < -0.4 is 5.32 Å². The maximum Gasteiger partial charge on any atom is 0.180 e. The van der Waals surface area contributed by atoms with Crippen LogP contribution in [0.4, 0.5) is 10.2 Å². The molecule has 1 N–H and O–H groups in total. The Kier molecular flexibility index (Phi) is 5.26. The lowest BCUT2D eigenvalue weighted by Gasteiger charge is -2.11. The first-order chi connectivity index (χ1) is 13.7. The van der Waals surface area contributed by atoms with Crippen molar-refractivity contribution >= 4 is 17.4 Å². The summed E-state index contributed by atoms with van der Waals surface area (Å²) in [5.41, 5.74) is 2.58. The smallest absolute Gasteiger partial charge is 0.180 e. The third-order valence-corrected chi connectivity index (χ3v) is 4.41. The Morgan fingerprint density at radius 2 is 1.64 bits per heavy atom. The molecule has 0 atom stereocenters. The van der Waals surface area contributed by atoms with Crippen LogP contribution in [-0.2, 0) is 6.54 Å². The van der Waals surface area contributed by atoms with Crippen molar-refractivity contribution in [3.8, 4) is 22.8 Å². The van der Waals surface area contributed by atoms with Gasteiger partial charge >= 0.3 is 0 Å². The fraction of sp³-hybridized carbons (Fsp3) is 0.0455. The summed E-state index contributed by atoms with van der Waals surface area (Å²) in [5, 5.41) is 3.96. The molecule has 0 aliphatic rings. The second-order valence-electron chi connectivity index (χ2n) is 6.14. The number of hydrogen-bond acceptors (Lipinski definition) is 4. The van der Waals surface area contributed by atoms with Gasteiger partial charge < -0.3 is 5.32 Å². The Balaban J connectivity index is 1.71. The molecule has 0 bridgehead atoms. The number of hydrogen-bond donors (Lipinski definition) is 1. The van der Waals surface area contributed by atoms with E-state index in [1.54, 1.807) is 30.5 Å². The van der Waals surface area contributed by atoms with Crippen molar-refractivity contribution in [3.05, 3.63) is 95.4 Å². The minimum atomic E-state index is -0.336. The summed E-state index contributed by atoms with van der Waals surface area (Å²) in [6.45, 7) is 0.548. The third-order valence-electron chi connectivity index (χ3n) is 4.16. The molecule has 0 unspecified atom stereocenters. The molecule has 0 fully saturated rings. The maximum absolute atomic E-state index is 14.3. The summed E-state index contributed by atoms with van der Waals surface area (Å²) in [7, 11) is 0. The van der Waals surface area contributed by atoms with Crippen molar-refractivity contribution in [2.75, 3.05) is 5.32 Å². The summed E-state index contributed by atoms with van der Waals surface area (Å²) in [6, 6.07) is 21.3. The first-order valence-corrected chi connectivity index (χ1v) is 9.10. The average Bonchev–Trinajstić information content (AvgIpc) is 2.74. The van der Waals surface area contributed by atoms with Crippen LogP contribution in [0.25, 0.3) is 22.8 Å². The molecule has 2 aromatic heterocycles. The molecule has 0 saturated heterocycles. The zero-order valence-electron chi connectivity index (χ0n) is 14.8. The van der Waals surface area contributed by atoms with Crippen molar-refractivity contribution in [2.24, 2.45) is 0 Å². The van der Waals surface area contributed by atoms with Gasteiger partial charge in [-0.2, -0.15) is 0 Å². The van der Waals surface area contributed by atoms with Crippen LogP contribution in [-0.4, -0.2) is 15.0 Å². The van der Waals surface area contributed by atoms with Gasteiger partial charge in [0.25, 0.3) is 0 Å². The molecule has 0 amide bonds. The van der Waals surface area contributed by atoms with Gasteiger partial charge in [-0.1, -0.05) is 41.9 Å². The first-order valence-electron chi connectivity index (χ1n) is 8.73. The van der Waals surface area contributed by atoms with Crippen LogP contribution in [0, 0.1) is 5.82 Å². The van der Waals surface area contributed by atoms with E-state index in [0.29, 0.717) is 40.2 Å². The average molecular weight is 391 g/mol. The van der Waals surface area contributed by atoms with Crippen molar-refractivity contribution in [1.29, 1.82) is 0 Å². The van der Waals surface area contributed by atoms with Gasteiger partial charge in [-0.15, -0.1) is 0 Å². The zero-order valence-corrected chi connectivity index (χ0v) is 15.6. The minimum absolute atomic E-state index is 0.336. The Bertz CT molecular complexity index is 1090. The summed E-state index contributed by atoms with van der Waals surface area (Å²) >= 11 is 5.94. The number of aromatic nitrogens is 3. The van der Waals surface area contributed by atoms with Crippen LogP contribution in [0.5, 0.6) is 0 Å². The molecule has 4 rings (SSSR count). The number of pyridine rings is 1. The third kappa shape index (κ3) is 4.15. The monoisotopic (exact) mass is 390 g/mol. The predicted octanol–water partition coefficient (Wildman–Crippen LogP) is 5.61. The number of rotatable bonds is 5. The van der Waals surface area contributed by atoms with Gasteiger partial charge in [0.2, 0.25) is 0 Å². The Morgan fingerprint density at radius 1 is 0.857 bits per heavy atom. The second-order valence-corrected chi connectivity index (χ2v) is 6.57. The molecular formula is C22H16ClFN4. The molecule has 0 saturated carbocycles. The molecule has 0 aliphatic heterocycles. The van der Waals surface area contributed by atoms with E-state index >= 15 is 0 Å². The molecule has 0 aliphatic carbocycles. The summed E-state index contributed by atoms with van der Waals surface area (Å²) < 4.78 is 14.3. The van der Waals surface area contributed by atoms with Gasteiger partial charge in [0, 0.05) is 29.4 Å². The number of anilines is 1. The normalized spacial score (nSPS) is 10.6. The van der Waals surface area contributed by atoms with E-state index in [1.807, 2.05) is 42.5 Å². The lowest BCUT2D eigenvalue weighted by atomic mass is 10.1. The van der Waals surface area contributed by atoms with Crippen LogP contribution in [0.3, 0.4) is 0 Å². The molecule has 2 aromatic carbocycles. The number of nitrogens with one attached hydrogen (secondary N) is 1. The van der Waals surface area contributed by atoms with Gasteiger partial charge in [0.05, 0.1) is 5.69 Å². The van der Waals surface area contributed by atoms with Gasteiger partial charge in [0.15, 0.2) is 5.82 Å². The minimum Gasteiger partial charge on any atom is -0.366 e. The van der Waals surface area contributed by atoms with E-state index in [0.717, 1.165) is 5.56 Å². The van der Waals surface area contributed by atoms with Crippen molar-refractivity contribution in [2.45, 2.75) is 6.54 Å². The molecular weight excluding hydrogens is 375 g/mol. The van der Waals surface area contributed by atoms with Crippen molar-refractivity contribution in [1.82, 2.24) is 15.0 Å². The standard InChI is InChI=1S/C22H16ClFN4/c23-16-10-8-15(9-11-16)14-26-21-13-20(17-5-1-2-6-18(17)24)27-22(28-21)19-7-3-4-12-25-19/h1-13H,14H2,(H,26,27,28). The van der Waals surface area contributed by atoms with Crippen LogP contribution in [0.15, 0.2) is 79.0 Å². The second kappa shape index (κ2) is 8.15. The van der Waals surface area contributed by atoms with E-state index in [1.165, 1.54) is 6.07 Å². The molecule has 138 valence electrons. The molecule has 4 nitrogen and oxygen atoms in total. The molecule has 2 heterocycles. The molecule has 6 heteroatoms. The SMILES string of the molecule is Fc1ccccc1-c1cc(NCc2ccc(Cl)cc2)nc(-c2ccccn2)n1. The number of benzene rings is 2. The lowest BCUT2D eigenvalue weighted by Crippen LogP contribution is -2.04. The van der Waals surface area contributed by atoms with Crippen LogP contribution in [0.2, 0.25) is 5.02 Å². The maximum atomic E-state index is 14.3. The predicted molar refractivity (Wildman–Crippen MR) is 109 cm³/mol. The first kappa shape index (κ1) is 18.1. The molecule has 0 radical (unpaired) electrons. The van der Waals surface area contributed by atoms with Crippen LogP contribution in [0.1, 0.15) is 5.56 Å². The summed E-state index contributed by atoms with van der Waals surface area (Å²) in [4.78, 5) is 13.4. The molecule has 4 aromatic rings. The summed E-state index contributed by atoms with van der Waals surface area (Å²) in [5.74, 6) is 0.681. The number of halogens is 2. The zero-order chi connectivity index (χ0) is 19.3. The quantitative estimate of drug-likeness (QED) is 0.481. The highest BCUT2D eigenvalue weighted by Gasteiger charge is 2.12. The summed E-state index contributed by atoms with van der Waals surface area (Å²) in [6.07, 6.45) is 1.68. The van der Waals surface area contributed by atoms with Gasteiger partial charge in [-0.3, -0.25) is 4.98 Å². The highest BCUT2D eigenvalue weighted by molar-refractivity contribution is 6.30. The van der Waals surface area contributed by atoms with E-state index in [2.05, 4.69) is 20.3 Å². The van der Waals surface area contributed by atoms with Gasteiger partial charge in [0.1, 0.15) is 17.3 Å². The van der Waals surface area contributed by atoms with Crippen molar-refractivity contribution in [3.63, 3.8) is 0 Å². The lowest BCUT2D eigenvalue weighted by molar-refractivity contribution is 0.630. The highest BCUT2D eigenvalue weighted by Crippen LogP contribution is 2.26. The van der Waals surface area contributed by atoms with E-state index in [4.69, 9.17) is 11.6 Å². The Hall–Kier alpha value is -3.31. The fourth-order valence-electron chi connectivity index (χ4n) is 2.75. The molecule has 28 heavy (non-hydrogen) atoms. The van der Waals surface area contributed by atoms with E-state index < -0.39 is 0 Å². The fourth-order valence-corrected chi connectivity index (χ4v) is 2.88. The highest BCUT2D eigenvalue weighted by atomic mass is 35.5. The van der Waals surface area contributed by atoms with Crippen LogP contribution >= 0.6 is 11.6 Å². The van der Waals surface area contributed by atoms with E-state index in [9.17, 15) is 4.39 Å². The Labute approximate surface area is 167 Å². The van der Waals surface area contributed by atoms with Gasteiger partial charge in [-0.05, 0) is 42.0 Å². The Morgan fingerprint density at radius 3 is 2.39 bits per heavy atom. The van der Waals surface area contributed by atoms with E-state index in [-0.39, 0.29) is 5.82 Å². The van der Waals surface area contributed by atoms with Crippen molar-refractivity contribution < 1.29 is 4.39 Å².